The Hall–Kier alpha value is -2.40. The van der Waals surface area contributed by atoms with Crippen LogP contribution >= 0.6 is 15.9 Å². The summed E-state index contributed by atoms with van der Waals surface area (Å²) in [7, 11) is 0. The minimum absolute atomic E-state index is 0.173. The SMILES string of the molecule is O=C(O)c1ccc(Br)c(Oc2ccnc3ccccc23)c1. The van der Waals surface area contributed by atoms with Crippen molar-refractivity contribution in [2.24, 2.45) is 0 Å². The number of carboxylic acid groups (broad SMARTS) is 1. The number of carboxylic acids is 1. The average Bonchev–Trinajstić information content (AvgIpc) is 2.49. The number of aromatic nitrogens is 1. The first kappa shape index (κ1) is 13.6. The molecule has 0 bridgehead atoms. The molecular weight excluding hydrogens is 334 g/mol. The van der Waals surface area contributed by atoms with E-state index in [0.29, 0.717) is 16.0 Å². The van der Waals surface area contributed by atoms with Crippen LogP contribution in [0.5, 0.6) is 11.5 Å². The molecule has 4 nitrogen and oxygen atoms in total. The molecule has 0 fully saturated rings. The Morgan fingerprint density at radius 1 is 1.10 bits per heavy atom. The normalized spacial score (nSPS) is 10.5. The van der Waals surface area contributed by atoms with E-state index in [0.717, 1.165) is 10.9 Å². The summed E-state index contributed by atoms with van der Waals surface area (Å²) in [4.78, 5) is 15.3. The van der Waals surface area contributed by atoms with Gasteiger partial charge in [0.25, 0.3) is 0 Å². The van der Waals surface area contributed by atoms with Gasteiger partial charge in [-0.25, -0.2) is 4.79 Å². The van der Waals surface area contributed by atoms with Gasteiger partial charge in [-0.3, -0.25) is 4.98 Å². The first-order chi connectivity index (χ1) is 10.1. The van der Waals surface area contributed by atoms with E-state index < -0.39 is 5.97 Å². The smallest absolute Gasteiger partial charge is 0.335 e. The van der Waals surface area contributed by atoms with E-state index >= 15 is 0 Å². The molecule has 0 saturated carbocycles. The molecule has 2 aromatic carbocycles. The number of pyridine rings is 1. The van der Waals surface area contributed by atoms with Crippen LogP contribution < -0.4 is 4.74 Å². The Bertz CT molecular complexity index is 827. The molecule has 0 aliphatic rings. The van der Waals surface area contributed by atoms with Gasteiger partial charge in [0.05, 0.1) is 15.6 Å². The monoisotopic (exact) mass is 343 g/mol. The van der Waals surface area contributed by atoms with Gasteiger partial charge < -0.3 is 9.84 Å². The topological polar surface area (TPSA) is 59.4 Å². The van der Waals surface area contributed by atoms with Gasteiger partial charge in [-0.15, -0.1) is 0 Å². The summed E-state index contributed by atoms with van der Waals surface area (Å²) in [5.74, 6) is 0.0852. The van der Waals surface area contributed by atoms with Gasteiger partial charge in [-0.1, -0.05) is 12.1 Å². The summed E-state index contributed by atoms with van der Waals surface area (Å²) in [5, 5.41) is 9.93. The molecule has 0 spiro atoms. The largest absolute Gasteiger partial charge is 0.478 e. The second kappa shape index (κ2) is 5.54. The van der Waals surface area contributed by atoms with Gasteiger partial charge in [0.2, 0.25) is 0 Å². The van der Waals surface area contributed by atoms with Crippen molar-refractivity contribution in [1.82, 2.24) is 4.98 Å². The summed E-state index contributed by atoms with van der Waals surface area (Å²) >= 11 is 3.37. The van der Waals surface area contributed by atoms with E-state index in [1.54, 1.807) is 18.3 Å². The van der Waals surface area contributed by atoms with Gasteiger partial charge in [-0.2, -0.15) is 0 Å². The molecule has 1 aromatic heterocycles. The predicted octanol–water partition coefficient (Wildman–Crippen LogP) is 4.49. The zero-order valence-electron chi connectivity index (χ0n) is 10.8. The first-order valence-corrected chi connectivity index (χ1v) is 6.99. The van der Waals surface area contributed by atoms with E-state index in [9.17, 15) is 4.79 Å². The summed E-state index contributed by atoms with van der Waals surface area (Å²) < 4.78 is 6.55. The van der Waals surface area contributed by atoms with Crippen molar-refractivity contribution in [3.8, 4) is 11.5 Å². The Balaban J connectivity index is 2.06. The van der Waals surface area contributed by atoms with Crippen LogP contribution in [0.1, 0.15) is 10.4 Å². The van der Waals surface area contributed by atoms with E-state index in [1.807, 2.05) is 24.3 Å². The summed E-state index contributed by atoms with van der Waals surface area (Å²) in [6, 6.07) is 14.0. The lowest BCUT2D eigenvalue weighted by Gasteiger charge is -2.10. The van der Waals surface area contributed by atoms with Gasteiger partial charge in [-0.05, 0) is 52.3 Å². The molecule has 104 valence electrons. The summed E-state index contributed by atoms with van der Waals surface area (Å²) in [6.45, 7) is 0. The van der Waals surface area contributed by atoms with Crippen LogP contribution in [0, 0.1) is 0 Å². The van der Waals surface area contributed by atoms with Crippen LogP contribution in [-0.4, -0.2) is 16.1 Å². The minimum Gasteiger partial charge on any atom is -0.478 e. The molecule has 3 aromatic rings. The third-order valence-corrected chi connectivity index (χ3v) is 3.66. The van der Waals surface area contributed by atoms with Crippen molar-refractivity contribution in [2.45, 2.75) is 0 Å². The highest BCUT2D eigenvalue weighted by Crippen LogP contribution is 2.33. The van der Waals surface area contributed by atoms with Gasteiger partial charge >= 0.3 is 5.97 Å². The molecular formula is C16H10BrNO3. The molecule has 0 saturated heterocycles. The molecule has 0 radical (unpaired) electrons. The van der Waals surface area contributed by atoms with E-state index in [4.69, 9.17) is 9.84 Å². The Labute approximate surface area is 129 Å². The molecule has 0 aliphatic heterocycles. The maximum absolute atomic E-state index is 11.0. The molecule has 0 amide bonds. The standard InChI is InChI=1S/C16H10BrNO3/c17-12-6-5-10(16(19)20)9-15(12)21-14-7-8-18-13-4-2-1-3-11(13)14/h1-9H,(H,19,20). The maximum Gasteiger partial charge on any atom is 0.335 e. The molecule has 1 heterocycles. The number of hydrogen-bond acceptors (Lipinski definition) is 3. The third kappa shape index (κ3) is 2.73. The molecule has 1 N–H and O–H groups in total. The Morgan fingerprint density at radius 3 is 2.71 bits per heavy atom. The number of aromatic carboxylic acids is 1. The van der Waals surface area contributed by atoms with E-state index in [1.165, 1.54) is 12.1 Å². The highest BCUT2D eigenvalue weighted by atomic mass is 79.9. The highest BCUT2D eigenvalue weighted by Gasteiger charge is 2.10. The highest BCUT2D eigenvalue weighted by molar-refractivity contribution is 9.10. The number of nitrogens with zero attached hydrogens (tertiary/aromatic N) is 1. The van der Waals surface area contributed by atoms with Gasteiger partial charge in [0.1, 0.15) is 11.5 Å². The van der Waals surface area contributed by atoms with E-state index in [-0.39, 0.29) is 5.56 Å². The molecule has 0 unspecified atom stereocenters. The quantitative estimate of drug-likeness (QED) is 0.761. The molecule has 0 atom stereocenters. The Morgan fingerprint density at radius 2 is 1.90 bits per heavy atom. The fraction of sp³-hybridized carbons (Fsp3) is 0. The fourth-order valence-electron chi connectivity index (χ4n) is 1.99. The van der Waals surface area contributed by atoms with Crippen LogP contribution in [0.3, 0.4) is 0 Å². The fourth-order valence-corrected chi connectivity index (χ4v) is 2.32. The first-order valence-electron chi connectivity index (χ1n) is 6.19. The van der Waals surface area contributed by atoms with Crippen LogP contribution in [0.15, 0.2) is 59.2 Å². The van der Waals surface area contributed by atoms with Crippen molar-refractivity contribution in [3.63, 3.8) is 0 Å². The van der Waals surface area contributed by atoms with Crippen LogP contribution in [-0.2, 0) is 0 Å². The van der Waals surface area contributed by atoms with Crippen LogP contribution in [0.25, 0.3) is 10.9 Å². The summed E-state index contributed by atoms with van der Waals surface area (Å²) in [5.41, 5.74) is 0.993. The van der Waals surface area contributed by atoms with Crippen LogP contribution in [0.4, 0.5) is 0 Å². The second-order valence-corrected chi connectivity index (χ2v) is 5.23. The van der Waals surface area contributed by atoms with Gasteiger partial charge in [0.15, 0.2) is 0 Å². The lowest BCUT2D eigenvalue weighted by molar-refractivity contribution is 0.0696. The minimum atomic E-state index is -0.994. The van der Waals surface area contributed by atoms with Crippen molar-refractivity contribution in [1.29, 1.82) is 0 Å². The average molecular weight is 344 g/mol. The number of halogens is 1. The lowest BCUT2D eigenvalue weighted by atomic mass is 10.2. The lowest BCUT2D eigenvalue weighted by Crippen LogP contribution is -1.97. The zero-order chi connectivity index (χ0) is 14.8. The molecule has 0 aliphatic carbocycles. The Kier molecular flexibility index (Phi) is 3.58. The van der Waals surface area contributed by atoms with Crippen molar-refractivity contribution in [2.75, 3.05) is 0 Å². The van der Waals surface area contributed by atoms with Crippen molar-refractivity contribution >= 4 is 32.8 Å². The number of carbonyl (C=O) groups is 1. The predicted molar refractivity (Wildman–Crippen MR) is 82.9 cm³/mol. The van der Waals surface area contributed by atoms with E-state index in [2.05, 4.69) is 20.9 Å². The third-order valence-electron chi connectivity index (χ3n) is 3.01. The zero-order valence-corrected chi connectivity index (χ0v) is 12.4. The number of rotatable bonds is 3. The molecule has 3 rings (SSSR count). The number of para-hydroxylation sites is 1. The molecule has 5 heteroatoms. The number of benzene rings is 2. The van der Waals surface area contributed by atoms with Gasteiger partial charge in [0, 0.05) is 11.6 Å². The number of ether oxygens (including phenoxy) is 1. The number of fused-ring (bicyclic) bond motifs is 1. The van der Waals surface area contributed by atoms with Crippen LogP contribution in [0.2, 0.25) is 0 Å². The molecule has 21 heavy (non-hydrogen) atoms. The van der Waals surface area contributed by atoms with Crippen molar-refractivity contribution < 1.29 is 14.6 Å². The second-order valence-electron chi connectivity index (χ2n) is 4.38. The van der Waals surface area contributed by atoms with Crippen molar-refractivity contribution in [3.05, 3.63) is 64.8 Å². The maximum atomic E-state index is 11.0. The summed E-state index contributed by atoms with van der Waals surface area (Å²) in [6.07, 6.45) is 1.66. The number of hydrogen-bond donors (Lipinski definition) is 1.